The molecule has 3 rings (SSSR count). The fraction of sp³-hybridized carbons (Fsp3) is 0.526. The highest BCUT2D eigenvalue weighted by Gasteiger charge is 2.24. The molecular weight excluding hydrogens is 290 g/mol. The molecule has 1 atom stereocenters. The summed E-state index contributed by atoms with van der Waals surface area (Å²) < 4.78 is 10.7. The number of hydrogen-bond acceptors (Lipinski definition) is 3. The summed E-state index contributed by atoms with van der Waals surface area (Å²) in [6, 6.07) is 7.70. The molecule has 1 aromatic heterocycles. The number of hydrogen-bond donors (Lipinski definition) is 0. The van der Waals surface area contributed by atoms with Crippen molar-refractivity contribution in [3.8, 4) is 0 Å². The predicted molar refractivity (Wildman–Crippen MR) is 90.7 cm³/mol. The Hall–Kier alpha value is -1.81. The van der Waals surface area contributed by atoms with Gasteiger partial charge in [-0.2, -0.15) is 0 Å². The van der Waals surface area contributed by atoms with Crippen molar-refractivity contribution in [2.75, 3.05) is 26.8 Å². The number of furan rings is 1. The van der Waals surface area contributed by atoms with Gasteiger partial charge in [-0.3, -0.25) is 4.79 Å². The molecule has 1 amide bonds. The standard InChI is InChI=1S/C19H25NO3/c1-14-11-17-12-16(7-8-18(17)23-14)19(21)20-9-3-5-15(13-20)6-4-10-22-2/h7-8,11-12,15H,3-6,9-10,13H2,1-2H3. The monoisotopic (exact) mass is 315 g/mol. The topological polar surface area (TPSA) is 42.7 Å². The smallest absolute Gasteiger partial charge is 0.253 e. The van der Waals surface area contributed by atoms with Crippen molar-refractivity contribution in [1.82, 2.24) is 4.90 Å². The molecule has 0 radical (unpaired) electrons. The molecule has 0 saturated carbocycles. The number of piperidine rings is 1. The molecule has 0 N–H and O–H groups in total. The van der Waals surface area contributed by atoms with Crippen molar-refractivity contribution < 1.29 is 13.9 Å². The summed E-state index contributed by atoms with van der Waals surface area (Å²) in [7, 11) is 1.74. The summed E-state index contributed by atoms with van der Waals surface area (Å²) in [5.74, 6) is 1.62. The third-order valence-electron chi connectivity index (χ3n) is 4.65. The van der Waals surface area contributed by atoms with E-state index in [1.807, 2.05) is 36.1 Å². The van der Waals surface area contributed by atoms with Gasteiger partial charge in [0.05, 0.1) is 0 Å². The number of carbonyl (C=O) groups excluding carboxylic acids is 1. The minimum atomic E-state index is 0.141. The van der Waals surface area contributed by atoms with Crippen LogP contribution in [0.3, 0.4) is 0 Å². The van der Waals surface area contributed by atoms with Crippen LogP contribution in [0.1, 0.15) is 41.8 Å². The van der Waals surface area contributed by atoms with Crippen LogP contribution >= 0.6 is 0 Å². The first-order chi connectivity index (χ1) is 11.2. The molecule has 4 nitrogen and oxygen atoms in total. The number of aryl methyl sites for hydroxylation is 1. The zero-order chi connectivity index (χ0) is 16.2. The average Bonchev–Trinajstić information content (AvgIpc) is 2.94. The number of fused-ring (bicyclic) bond motifs is 1. The Bertz CT molecular complexity index is 676. The number of methoxy groups -OCH3 is 1. The lowest BCUT2D eigenvalue weighted by Crippen LogP contribution is -2.40. The van der Waals surface area contributed by atoms with E-state index >= 15 is 0 Å². The number of carbonyl (C=O) groups is 1. The quantitative estimate of drug-likeness (QED) is 0.783. The van der Waals surface area contributed by atoms with Crippen LogP contribution in [0.4, 0.5) is 0 Å². The van der Waals surface area contributed by atoms with Crippen LogP contribution in [0.25, 0.3) is 11.0 Å². The Balaban J connectivity index is 1.68. The Kier molecular flexibility index (Phi) is 5.01. The fourth-order valence-corrected chi connectivity index (χ4v) is 3.49. The zero-order valence-electron chi connectivity index (χ0n) is 14.0. The predicted octanol–water partition coefficient (Wildman–Crippen LogP) is 4.02. The van der Waals surface area contributed by atoms with Gasteiger partial charge < -0.3 is 14.1 Å². The second kappa shape index (κ2) is 7.18. The van der Waals surface area contributed by atoms with Gasteiger partial charge in [-0.25, -0.2) is 0 Å². The van der Waals surface area contributed by atoms with Gasteiger partial charge in [-0.15, -0.1) is 0 Å². The number of rotatable bonds is 5. The molecule has 1 unspecified atom stereocenters. The van der Waals surface area contributed by atoms with Crippen LogP contribution in [0.5, 0.6) is 0 Å². The molecule has 124 valence electrons. The van der Waals surface area contributed by atoms with E-state index in [1.165, 1.54) is 6.42 Å². The van der Waals surface area contributed by atoms with Crippen molar-refractivity contribution in [2.24, 2.45) is 5.92 Å². The van der Waals surface area contributed by atoms with Crippen molar-refractivity contribution >= 4 is 16.9 Å². The SMILES string of the molecule is COCCCC1CCCN(C(=O)c2ccc3oc(C)cc3c2)C1. The van der Waals surface area contributed by atoms with E-state index in [2.05, 4.69) is 0 Å². The first-order valence-electron chi connectivity index (χ1n) is 8.46. The summed E-state index contributed by atoms with van der Waals surface area (Å²) in [6.45, 7) is 4.46. The molecule has 23 heavy (non-hydrogen) atoms. The highest BCUT2D eigenvalue weighted by Crippen LogP contribution is 2.25. The Morgan fingerprint density at radius 2 is 2.26 bits per heavy atom. The number of amides is 1. The summed E-state index contributed by atoms with van der Waals surface area (Å²) in [5.41, 5.74) is 1.60. The van der Waals surface area contributed by atoms with Crippen molar-refractivity contribution in [3.63, 3.8) is 0 Å². The number of benzene rings is 1. The van der Waals surface area contributed by atoms with Gasteiger partial charge in [0.15, 0.2) is 0 Å². The van der Waals surface area contributed by atoms with E-state index in [0.29, 0.717) is 5.92 Å². The van der Waals surface area contributed by atoms with Crippen LogP contribution in [0, 0.1) is 12.8 Å². The molecule has 2 aromatic rings. The molecule has 4 heteroatoms. The normalized spacial score (nSPS) is 18.5. The molecule has 1 aliphatic rings. The van der Waals surface area contributed by atoms with Gasteiger partial charge in [0.25, 0.3) is 5.91 Å². The summed E-state index contributed by atoms with van der Waals surface area (Å²) in [4.78, 5) is 14.8. The van der Waals surface area contributed by atoms with Crippen LogP contribution in [0.2, 0.25) is 0 Å². The Morgan fingerprint density at radius 1 is 1.39 bits per heavy atom. The van der Waals surface area contributed by atoms with Gasteiger partial charge >= 0.3 is 0 Å². The minimum Gasteiger partial charge on any atom is -0.461 e. The first kappa shape index (κ1) is 16.1. The van der Waals surface area contributed by atoms with Crippen LogP contribution in [-0.4, -0.2) is 37.6 Å². The van der Waals surface area contributed by atoms with E-state index < -0.39 is 0 Å². The third-order valence-corrected chi connectivity index (χ3v) is 4.65. The third kappa shape index (κ3) is 3.75. The van der Waals surface area contributed by atoms with Crippen molar-refractivity contribution in [1.29, 1.82) is 0 Å². The first-order valence-corrected chi connectivity index (χ1v) is 8.46. The fourth-order valence-electron chi connectivity index (χ4n) is 3.49. The molecule has 1 fully saturated rings. The van der Waals surface area contributed by atoms with E-state index in [9.17, 15) is 4.79 Å². The minimum absolute atomic E-state index is 0.141. The highest BCUT2D eigenvalue weighted by molar-refractivity contribution is 5.97. The van der Waals surface area contributed by atoms with E-state index in [-0.39, 0.29) is 5.91 Å². The number of likely N-dealkylation sites (tertiary alicyclic amines) is 1. The van der Waals surface area contributed by atoms with Crippen molar-refractivity contribution in [3.05, 3.63) is 35.6 Å². The average molecular weight is 315 g/mol. The van der Waals surface area contributed by atoms with E-state index in [0.717, 1.165) is 61.3 Å². The lowest BCUT2D eigenvalue weighted by Gasteiger charge is -2.33. The molecule has 1 saturated heterocycles. The number of ether oxygens (including phenoxy) is 1. The maximum Gasteiger partial charge on any atom is 0.253 e. The maximum atomic E-state index is 12.8. The number of nitrogens with zero attached hydrogens (tertiary/aromatic N) is 1. The molecule has 2 heterocycles. The molecular formula is C19H25NO3. The van der Waals surface area contributed by atoms with Gasteiger partial charge in [0, 0.05) is 37.8 Å². The molecule has 0 bridgehead atoms. The maximum absolute atomic E-state index is 12.8. The lowest BCUT2D eigenvalue weighted by atomic mass is 9.93. The molecule has 1 aliphatic heterocycles. The largest absolute Gasteiger partial charge is 0.461 e. The second-order valence-corrected chi connectivity index (χ2v) is 6.50. The van der Waals surface area contributed by atoms with Crippen LogP contribution < -0.4 is 0 Å². The molecule has 1 aromatic carbocycles. The molecule has 0 aliphatic carbocycles. The Morgan fingerprint density at radius 3 is 3.09 bits per heavy atom. The van der Waals surface area contributed by atoms with Gasteiger partial charge in [-0.05, 0) is 62.8 Å². The van der Waals surface area contributed by atoms with E-state index in [4.69, 9.17) is 9.15 Å². The zero-order valence-corrected chi connectivity index (χ0v) is 14.0. The van der Waals surface area contributed by atoms with Crippen LogP contribution in [0.15, 0.2) is 28.7 Å². The van der Waals surface area contributed by atoms with Gasteiger partial charge in [-0.1, -0.05) is 0 Å². The van der Waals surface area contributed by atoms with Crippen LogP contribution in [-0.2, 0) is 4.74 Å². The Labute approximate surface area is 137 Å². The summed E-state index contributed by atoms with van der Waals surface area (Å²) >= 11 is 0. The van der Waals surface area contributed by atoms with Gasteiger partial charge in [0.2, 0.25) is 0 Å². The lowest BCUT2D eigenvalue weighted by molar-refractivity contribution is 0.0660. The molecule has 0 spiro atoms. The summed E-state index contributed by atoms with van der Waals surface area (Å²) in [5, 5.41) is 1.00. The second-order valence-electron chi connectivity index (χ2n) is 6.50. The summed E-state index contributed by atoms with van der Waals surface area (Å²) in [6.07, 6.45) is 4.52. The van der Waals surface area contributed by atoms with Gasteiger partial charge in [0.1, 0.15) is 11.3 Å². The van der Waals surface area contributed by atoms with E-state index in [1.54, 1.807) is 7.11 Å². The highest BCUT2D eigenvalue weighted by atomic mass is 16.5. The van der Waals surface area contributed by atoms with Crippen molar-refractivity contribution in [2.45, 2.75) is 32.6 Å².